The van der Waals surface area contributed by atoms with Gasteiger partial charge in [0.05, 0.1) is 12.3 Å². The van der Waals surface area contributed by atoms with Crippen LogP contribution in [0.2, 0.25) is 0 Å². The van der Waals surface area contributed by atoms with Crippen molar-refractivity contribution in [2.75, 3.05) is 5.43 Å². The molecule has 0 unspecified atom stereocenters. The molecule has 122 valence electrons. The Labute approximate surface area is 136 Å². The Bertz CT molecular complexity index is 1080. The molecule has 1 aliphatic rings. The standard InChI is InChI=1S/C16H16N6O2/c1-3-9-4-6-10(7-5-9)11-8-22-12-13(17-15(22)20-19-11)21(2)16(24)18-14(12)23/h4-7H,3,8H2,1-2H3,(H,17,20)(H,18,23,24). The Morgan fingerprint density at radius 3 is 2.67 bits per heavy atom. The number of aromatic amines is 1. The number of hydrogen-bond donors (Lipinski definition) is 2. The van der Waals surface area contributed by atoms with Crippen LogP contribution in [0.25, 0.3) is 11.2 Å². The molecule has 0 atom stereocenters. The van der Waals surface area contributed by atoms with Crippen LogP contribution in [0.5, 0.6) is 0 Å². The van der Waals surface area contributed by atoms with Gasteiger partial charge in [-0.1, -0.05) is 31.2 Å². The van der Waals surface area contributed by atoms with Crippen molar-refractivity contribution in [3.8, 4) is 0 Å². The lowest BCUT2D eigenvalue weighted by Gasteiger charge is -2.16. The summed E-state index contributed by atoms with van der Waals surface area (Å²) >= 11 is 0. The molecule has 3 heterocycles. The maximum Gasteiger partial charge on any atom is 0.329 e. The van der Waals surface area contributed by atoms with Crippen LogP contribution >= 0.6 is 0 Å². The Morgan fingerprint density at radius 2 is 1.96 bits per heavy atom. The van der Waals surface area contributed by atoms with Crippen molar-refractivity contribution in [2.24, 2.45) is 12.1 Å². The summed E-state index contributed by atoms with van der Waals surface area (Å²) in [5.74, 6) is 0.450. The molecule has 0 fully saturated rings. The van der Waals surface area contributed by atoms with Crippen molar-refractivity contribution in [3.05, 3.63) is 56.2 Å². The zero-order chi connectivity index (χ0) is 16.8. The van der Waals surface area contributed by atoms with E-state index in [0.29, 0.717) is 23.7 Å². The topological polar surface area (TPSA) is 97.1 Å². The normalized spacial score (nSPS) is 13.5. The summed E-state index contributed by atoms with van der Waals surface area (Å²) in [7, 11) is 1.57. The number of nitrogens with zero attached hydrogens (tertiary/aromatic N) is 4. The fourth-order valence-corrected chi connectivity index (χ4v) is 2.87. The molecule has 2 aromatic heterocycles. The molecule has 0 aliphatic carbocycles. The summed E-state index contributed by atoms with van der Waals surface area (Å²) in [6.07, 6.45) is 0.977. The van der Waals surface area contributed by atoms with Crippen LogP contribution in [0.3, 0.4) is 0 Å². The van der Waals surface area contributed by atoms with E-state index in [1.54, 1.807) is 11.6 Å². The van der Waals surface area contributed by atoms with Crippen molar-refractivity contribution in [2.45, 2.75) is 19.9 Å². The predicted molar refractivity (Wildman–Crippen MR) is 91.6 cm³/mol. The molecule has 0 saturated heterocycles. The van der Waals surface area contributed by atoms with Crippen molar-refractivity contribution in [3.63, 3.8) is 0 Å². The summed E-state index contributed by atoms with van der Waals surface area (Å²) in [6.45, 7) is 2.51. The highest BCUT2D eigenvalue weighted by molar-refractivity contribution is 6.02. The van der Waals surface area contributed by atoms with Gasteiger partial charge in [-0.15, -0.1) is 0 Å². The van der Waals surface area contributed by atoms with Gasteiger partial charge in [0.25, 0.3) is 5.56 Å². The number of hydrogen-bond acceptors (Lipinski definition) is 5. The molecular weight excluding hydrogens is 308 g/mol. The van der Waals surface area contributed by atoms with E-state index in [4.69, 9.17) is 0 Å². The van der Waals surface area contributed by atoms with Crippen molar-refractivity contribution in [1.29, 1.82) is 0 Å². The minimum atomic E-state index is -0.487. The van der Waals surface area contributed by atoms with Crippen molar-refractivity contribution < 1.29 is 0 Å². The zero-order valence-corrected chi connectivity index (χ0v) is 13.3. The second-order valence-corrected chi connectivity index (χ2v) is 5.73. The summed E-state index contributed by atoms with van der Waals surface area (Å²) < 4.78 is 3.06. The maximum absolute atomic E-state index is 12.2. The fourth-order valence-electron chi connectivity index (χ4n) is 2.87. The van der Waals surface area contributed by atoms with Gasteiger partial charge in [-0.3, -0.25) is 18.9 Å². The number of anilines is 1. The van der Waals surface area contributed by atoms with Crippen LogP contribution in [0.1, 0.15) is 18.1 Å². The highest BCUT2D eigenvalue weighted by atomic mass is 16.2. The first-order valence-corrected chi connectivity index (χ1v) is 7.70. The third-order valence-electron chi connectivity index (χ3n) is 4.30. The molecule has 1 aromatic carbocycles. The van der Waals surface area contributed by atoms with E-state index in [1.165, 1.54) is 10.1 Å². The molecule has 0 amide bonds. The van der Waals surface area contributed by atoms with E-state index in [-0.39, 0.29) is 0 Å². The minimum absolute atomic E-state index is 0.337. The van der Waals surface area contributed by atoms with Crippen LogP contribution in [0.15, 0.2) is 39.0 Å². The summed E-state index contributed by atoms with van der Waals surface area (Å²) in [4.78, 5) is 30.6. The Kier molecular flexibility index (Phi) is 3.12. The quantitative estimate of drug-likeness (QED) is 0.729. The molecule has 1 aliphatic heterocycles. The Balaban J connectivity index is 1.82. The fraction of sp³-hybridized carbons (Fsp3) is 0.250. The molecule has 8 nitrogen and oxygen atoms in total. The minimum Gasteiger partial charge on any atom is -0.297 e. The number of benzene rings is 1. The molecule has 0 bridgehead atoms. The van der Waals surface area contributed by atoms with E-state index in [0.717, 1.165) is 17.7 Å². The number of imidazole rings is 1. The number of fused-ring (bicyclic) bond motifs is 3. The number of hydrazone groups is 1. The molecular formula is C16H16N6O2. The van der Waals surface area contributed by atoms with Gasteiger partial charge in [0.2, 0.25) is 5.95 Å². The van der Waals surface area contributed by atoms with Crippen LogP contribution in [0.4, 0.5) is 5.95 Å². The average molecular weight is 324 g/mol. The molecule has 3 aromatic rings. The highest BCUT2D eigenvalue weighted by Crippen LogP contribution is 2.20. The van der Waals surface area contributed by atoms with Gasteiger partial charge < -0.3 is 0 Å². The van der Waals surface area contributed by atoms with E-state index < -0.39 is 11.2 Å². The molecule has 0 saturated carbocycles. The predicted octanol–water partition coefficient (Wildman–Crippen LogP) is 0.815. The van der Waals surface area contributed by atoms with E-state index in [2.05, 4.69) is 39.6 Å². The van der Waals surface area contributed by atoms with Crippen LogP contribution in [-0.4, -0.2) is 24.8 Å². The summed E-state index contributed by atoms with van der Waals surface area (Å²) in [6, 6.07) is 8.17. The number of rotatable bonds is 2. The monoisotopic (exact) mass is 324 g/mol. The Morgan fingerprint density at radius 1 is 1.21 bits per heavy atom. The zero-order valence-electron chi connectivity index (χ0n) is 13.3. The lowest BCUT2D eigenvalue weighted by Crippen LogP contribution is -2.30. The lowest BCUT2D eigenvalue weighted by molar-refractivity contribution is 0.821. The van der Waals surface area contributed by atoms with Gasteiger partial charge in [-0.2, -0.15) is 10.1 Å². The summed E-state index contributed by atoms with van der Waals surface area (Å²) in [5, 5.41) is 4.36. The van der Waals surface area contributed by atoms with Gasteiger partial charge in [0, 0.05) is 7.05 Å². The van der Waals surface area contributed by atoms with Gasteiger partial charge in [-0.05, 0) is 17.5 Å². The van der Waals surface area contributed by atoms with Crippen LogP contribution in [0, 0.1) is 0 Å². The molecule has 24 heavy (non-hydrogen) atoms. The van der Waals surface area contributed by atoms with Gasteiger partial charge in [0.1, 0.15) is 0 Å². The largest absolute Gasteiger partial charge is 0.329 e. The first-order valence-electron chi connectivity index (χ1n) is 7.70. The molecule has 0 radical (unpaired) electrons. The second-order valence-electron chi connectivity index (χ2n) is 5.73. The second kappa shape index (κ2) is 5.19. The first-order chi connectivity index (χ1) is 11.6. The Hall–Kier alpha value is -3.16. The number of aromatic nitrogens is 4. The molecule has 0 spiro atoms. The van der Waals surface area contributed by atoms with Gasteiger partial charge >= 0.3 is 5.69 Å². The van der Waals surface area contributed by atoms with Crippen molar-refractivity contribution in [1.82, 2.24) is 19.1 Å². The van der Waals surface area contributed by atoms with Crippen LogP contribution in [-0.2, 0) is 20.0 Å². The molecule has 8 heteroatoms. The summed E-state index contributed by atoms with van der Waals surface area (Å²) in [5.41, 5.74) is 5.67. The third-order valence-corrected chi connectivity index (χ3v) is 4.30. The molecule has 4 rings (SSSR count). The molecule has 2 N–H and O–H groups in total. The highest BCUT2D eigenvalue weighted by Gasteiger charge is 2.21. The smallest absolute Gasteiger partial charge is 0.297 e. The number of aryl methyl sites for hydroxylation is 2. The number of H-pyrrole nitrogens is 1. The van der Waals surface area contributed by atoms with E-state index in [1.807, 2.05) is 12.1 Å². The van der Waals surface area contributed by atoms with Crippen LogP contribution < -0.4 is 16.7 Å². The SMILES string of the molecule is CCc1ccc(C2=NNc3nc4c(c(=O)[nH]c(=O)n4C)n3C2)cc1. The maximum atomic E-state index is 12.2. The third kappa shape index (κ3) is 2.07. The lowest BCUT2D eigenvalue weighted by atomic mass is 10.1. The average Bonchev–Trinajstić information content (AvgIpc) is 2.99. The van der Waals surface area contributed by atoms with Gasteiger partial charge in [-0.25, -0.2) is 10.2 Å². The first kappa shape index (κ1) is 14.4. The van der Waals surface area contributed by atoms with E-state index in [9.17, 15) is 9.59 Å². The number of nitrogens with one attached hydrogen (secondary N) is 2. The van der Waals surface area contributed by atoms with Gasteiger partial charge in [0.15, 0.2) is 11.2 Å². The van der Waals surface area contributed by atoms with E-state index >= 15 is 0 Å². The van der Waals surface area contributed by atoms with Crippen molar-refractivity contribution >= 4 is 22.8 Å².